The lowest BCUT2D eigenvalue weighted by Crippen LogP contribution is -2.43. The van der Waals surface area contributed by atoms with Crippen LogP contribution < -0.4 is 10.6 Å². The maximum absolute atomic E-state index is 12.7. The molecule has 1 aliphatic heterocycles. The average molecular weight is 380 g/mol. The first-order valence-corrected chi connectivity index (χ1v) is 9.93. The molecule has 0 bridgehead atoms. The first kappa shape index (κ1) is 19.9. The predicted molar refractivity (Wildman–Crippen MR) is 113 cm³/mol. The quantitative estimate of drug-likeness (QED) is 0.800. The molecule has 2 aromatic rings. The van der Waals surface area contributed by atoms with Gasteiger partial charge in [0, 0.05) is 30.4 Å². The highest BCUT2D eigenvalue weighted by Crippen LogP contribution is 2.27. The van der Waals surface area contributed by atoms with Gasteiger partial charge in [-0.25, -0.2) is 4.79 Å². The molecule has 3 rings (SSSR count). The number of hydrogen-bond donors (Lipinski definition) is 2. The smallest absolute Gasteiger partial charge is 0.321 e. The number of likely N-dealkylation sites (tertiary alicyclic amines) is 1. The van der Waals surface area contributed by atoms with Gasteiger partial charge in [-0.1, -0.05) is 31.2 Å². The summed E-state index contributed by atoms with van der Waals surface area (Å²) < 4.78 is 0. The zero-order chi connectivity index (χ0) is 20.1. The Labute approximate surface area is 167 Å². The molecule has 1 unspecified atom stereocenters. The number of rotatable bonds is 4. The maximum Gasteiger partial charge on any atom is 0.321 e. The molecule has 5 heteroatoms. The van der Waals surface area contributed by atoms with Gasteiger partial charge in [-0.2, -0.15) is 0 Å². The van der Waals surface area contributed by atoms with E-state index in [9.17, 15) is 9.59 Å². The van der Waals surface area contributed by atoms with Gasteiger partial charge in [0.05, 0.1) is 0 Å². The van der Waals surface area contributed by atoms with Crippen LogP contribution in [0.4, 0.5) is 16.2 Å². The molecular formula is C23H29N3O2. The molecule has 0 saturated carbocycles. The summed E-state index contributed by atoms with van der Waals surface area (Å²) >= 11 is 0. The molecule has 2 aromatic carbocycles. The summed E-state index contributed by atoms with van der Waals surface area (Å²) in [6.45, 7) is 7.44. The van der Waals surface area contributed by atoms with Gasteiger partial charge in [0.25, 0.3) is 0 Å². The zero-order valence-electron chi connectivity index (χ0n) is 16.9. The van der Waals surface area contributed by atoms with Crippen LogP contribution in [0.15, 0.2) is 48.5 Å². The Morgan fingerprint density at radius 1 is 0.929 bits per heavy atom. The first-order chi connectivity index (χ1) is 13.4. The minimum absolute atomic E-state index is 0.0513. The summed E-state index contributed by atoms with van der Waals surface area (Å²) in [4.78, 5) is 26.9. The van der Waals surface area contributed by atoms with Crippen molar-refractivity contribution in [3.63, 3.8) is 0 Å². The number of para-hydroxylation sites is 1. The van der Waals surface area contributed by atoms with Crippen LogP contribution in [0, 0.1) is 25.7 Å². The van der Waals surface area contributed by atoms with E-state index in [2.05, 4.69) is 17.6 Å². The number of benzene rings is 2. The number of urea groups is 1. The number of nitrogens with one attached hydrogen (secondary N) is 2. The highest BCUT2D eigenvalue weighted by molar-refractivity contribution is 5.92. The average Bonchev–Trinajstić information content (AvgIpc) is 2.71. The summed E-state index contributed by atoms with van der Waals surface area (Å²) in [6, 6.07) is 15.4. The van der Waals surface area contributed by atoms with Gasteiger partial charge in [-0.3, -0.25) is 4.79 Å². The van der Waals surface area contributed by atoms with Crippen molar-refractivity contribution in [3.05, 3.63) is 59.7 Å². The number of carbonyl (C=O) groups is 2. The third kappa shape index (κ3) is 4.91. The summed E-state index contributed by atoms with van der Waals surface area (Å²) in [5.41, 5.74) is 4.03. The van der Waals surface area contributed by atoms with Crippen molar-refractivity contribution in [1.82, 2.24) is 4.90 Å². The van der Waals surface area contributed by atoms with Gasteiger partial charge in [-0.05, 0) is 68.0 Å². The Morgan fingerprint density at radius 2 is 1.61 bits per heavy atom. The number of aryl methyl sites for hydroxylation is 2. The van der Waals surface area contributed by atoms with E-state index in [1.54, 1.807) is 0 Å². The highest BCUT2D eigenvalue weighted by Gasteiger charge is 2.30. The predicted octanol–water partition coefficient (Wildman–Crippen LogP) is 4.82. The van der Waals surface area contributed by atoms with E-state index in [4.69, 9.17) is 0 Å². The van der Waals surface area contributed by atoms with E-state index in [0.717, 1.165) is 24.2 Å². The number of amides is 3. The number of anilines is 2. The van der Waals surface area contributed by atoms with Gasteiger partial charge in [0.2, 0.25) is 5.91 Å². The van der Waals surface area contributed by atoms with Crippen LogP contribution in [0.1, 0.15) is 30.9 Å². The van der Waals surface area contributed by atoms with E-state index in [1.165, 1.54) is 11.1 Å². The zero-order valence-corrected chi connectivity index (χ0v) is 16.9. The second-order valence-electron chi connectivity index (χ2n) is 7.70. The molecule has 1 aliphatic rings. The highest BCUT2D eigenvalue weighted by atomic mass is 16.2. The van der Waals surface area contributed by atoms with Crippen LogP contribution in [0.3, 0.4) is 0 Å². The number of carbonyl (C=O) groups excluding carboxylic acids is 2. The Morgan fingerprint density at radius 3 is 2.25 bits per heavy atom. The van der Waals surface area contributed by atoms with E-state index in [0.29, 0.717) is 13.1 Å². The van der Waals surface area contributed by atoms with Gasteiger partial charge in [0.1, 0.15) is 0 Å². The Hall–Kier alpha value is -2.82. The molecule has 5 nitrogen and oxygen atoms in total. The van der Waals surface area contributed by atoms with Gasteiger partial charge in [-0.15, -0.1) is 0 Å². The maximum atomic E-state index is 12.7. The fraction of sp³-hybridized carbons (Fsp3) is 0.391. The van der Waals surface area contributed by atoms with Crippen LogP contribution in [0.25, 0.3) is 0 Å². The van der Waals surface area contributed by atoms with Gasteiger partial charge < -0.3 is 15.5 Å². The van der Waals surface area contributed by atoms with Crippen LogP contribution in [0.5, 0.6) is 0 Å². The Bertz CT molecular complexity index is 827. The van der Waals surface area contributed by atoms with Crippen LogP contribution in [0.2, 0.25) is 0 Å². The molecule has 0 spiro atoms. The van der Waals surface area contributed by atoms with E-state index >= 15 is 0 Å². The SMILES string of the molecule is Cc1ccc(NC(=O)C(C)C2CCN(C(=O)Nc3ccccc3)CC2)cc1C. The largest absolute Gasteiger partial charge is 0.326 e. The normalized spacial score (nSPS) is 15.8. The Balaban J connectivity index is 1.50. The van der Waals surface area contributed by atoms with Crippen LogP contribution >= 0.6 is 0 Å². The van der Waals surface area contributed by atoms with Crippen molar-refractivity contribution in [1.29, 1.82) is 0 Å². The summed E-state index contributed by atoms with van der Waals surface area (Å²) in [5, 5.41) is 5.97. The third-order valence-corrected chi connectivity index (χ3v) is 5.75. The van der Waals surface area contributed by atoms with Crippen molar-refractivity contribution in [2.45, 2.75) is 33.6 Å². The lowest BCUT2D eigenvalue weighted by molar-refractivity contribution is -0.121. The minimum Gasteiger partial charge on any atom is -0.326 e. The van der Waals surface area contributed by atoms with E-state index in [1.807, 2.05) is 67.3 Å². The van der Waals surface area contributed by atoms with Crippen LogP contribution in [-0.4, -0.2) is 29.9 Å². The third-order valence-electron chi connectivity index (χ3n) is 5.75. The summed E-state index contributed by atoms with van der Waals surface area (Å²) in [6.07, 6.45) is 1.67. The van der Waals surface area contributed by atoms with Crippen LogP contribution in [-0.2, 0) is 4.79 Å². The van der Waals surface area contributed by atoms with E-state index in [-0.39, 0.29) is 23.8 Å². The van der Waals surface area contributed by atoms with Crippen molar-refractivity contribution in [2.24, 2.45) is 11.8 Å². The molecular weight excluding hydrogens is 350 g/mol. The number of piperidine rings is 1. The summed E-state index contributed by atoms with van der Waals surface area (Å²) in [5.74, 6) is 0.253. The van der Waals surface area contributed by atoms with Gasteiger partial charge in [0.15, 0.2) is 0 Å². The fourth-order valence-electron chi connectivity index (χ4n) is 3.62. The molecule has 3 amide bonds. The standard InChI is InChI=1S/C23H29N3O2/c1-16-9-10-21(15-17(16)2)24-22(27)18(3)19-11-13-26(14-12-19)23(28)25-20-7-5-4-6-8-20/h4-10,15,18-19H,11-14H2,1-3H3,(H,24,27)(H,25,28). The van der Waals surface area contributed by atoms with E-state index < -0.39 is 0 Å². The van der Waals surface area contributed by atoms with Crippen molar-refractivity contribution in [2.75, 3.05) is 23.7 Å². The second-order valence-corrected chi connectivity index (χ2v) is 7.70. The molecule has 1 atom stereocenters. The topological polar surface area (TPSA) is 61.4 Å². The monoisotopic (exact) mass is 379 g/mol. The number of hydrogen-bond acceptors (Lipinski definition) is 2. The van der Waals surface area contributed by atoms with Gasteiger partial charge >= 0.3 is 6.03 Å². The molecule has 1 fully saturated rings. The number of nitrogens with zero attached hydrogens (tertiary/aromatic N) is 1. The Kier molecular flexibility index (Phi) is 6.34. The minimum atomic E-state index is -0.0825. The lowest BCUT2D eigenvalue weighted by Gasteiger charge is -2.34. The van der Waals surface area contributed by atoms with Crippen molar-refractivity contribution >= 4 is 23.3 Å². The molecule has 2 N–H and O–H groups in total. The fourth-order valence-corrected chi connectivity index (χ4v) is 3.62. The molecule has 0 aliphatic carbocycles. The lowest BCUT2D eigenvalue weighted by atomic mass is 9.85. The molecule has 1 heterocycles. The molecule has 0 radical (unpaired) electrons. The molecule has 1 saturated heterocycles. The first-order valence-electron chi connectivity index (χ1n) is 9.93. The summed E-state index contributed by atoms with van der Waals surface area (Å²) in [7, 11) is 0. The second kappa shape index (κ2) is 8.91. The molecule has 0 aromatic heterocycles. The van der Waals surface area contributed by atoms with Crippen molar-refractivity contribution in [3.8, 4) is 0 Å². The van der Waals surface area contributed by atoms with Crippen molar-refractivity contribution < 1.29 is 9.59 Å². The molecule has 148 valence electrons. The molecule has 28 heavy (non-hydrogen) atoms.